The van der Waals surface area contributed by atoms with Gasteiger partial charge in [0.1, 0.15) is 28.1 Å². The van der Waals surface area contributed by atoms with Gasteiger partial charge in [0.15, 0.2) is 0 Å². The van der Waals surface area contributed by atoms with Crippen LogP contribution in [0, 0.1) is 28.4 Å². The summed E-state index contributed by atoms with van der Waals surface area (Å²) in [5.74, 6) is -1.38. The molecule has 2 aliphatic heterocycles. The minimum Gasteiger partial charge on any atom is -0.440 e. The van der Waals surface area contributed by atoms with E-state index in [0.29, 0.717) is 18.8 Å². The zero-order chi connectivity index (χ0) is 20.7. The minimum absolute atomic E-state index is 0.0358. The van der Waals surface area contributed by atoms with Crippen LogP contribution in [-0.2, 0) is 11.3 Å². The maximum Gasteiger partial charge on any atom is 0.433 e. The summed E-state index contributed by atoms with van der Waals surface area (Å²) in [6.07, 6.45) is 1.71. The summed E-state index contributed by atoms with van der Waals surface area (Å²) in [5.41, 5.74) is 6.30. The van der Waals surface area contributed by atoms with Crippen molar-refractivity contribution in [2.24, 2.45) is 5.73 Å². The lowest BCUT2D eigenvalue weighted by atomic mass is 9.88. The molecule has 4 heterocycles. The van der Waals surface area contributed by atoms with Gasteiger partial charge in [0.25, 0.3) is 5.56 Å². The third kappa shape index (κ3) is 3.15. The maximum absolute atomic E-state index is 13.4. The molecule has 2 atom stereocenters. The Labute approximate surface area is 164 Å². The highest BCUT2D eigenvalue weighted by Crippen LogP contribution is 2.41. The maximum atomic E-state index is 13.4. The quantitative estimate of drug-likeness (QED) is 0.608. The van der Waals surface area contributed by atoms with Crippen molar-refractivity contribution >= 4 is 5.88 Å². The van der Waals surface area contributed by atoms with E-state index in [4.69, 9.17) is 19.6 Å². The van der Waals surface area contributed by atoms with E-state index in [1.54, 1.807) is 17.6 Å². The Balaban J connectivity index is 1.88. The van der Waals surface area contributed by atoms with Crippen molar-refractivity contribution in [3.63, 3.8) is 0 Å². The van der Waals surface area contributed by atoms with Crippen molar-refractivity contribution in [2.45, 2.75) is 38.3 Å². The monoisotopic (exact) mass is 398 g/mol. The molecule has 1 saturated heterocycles. The Bertz CT molecular complexity index is 1120. The van der Waals surface area contributed by atoms with E-state index in [0.717, 1.165) is 12.8 Å². The molecule has 0 aromatic carbocycles. The van der Waals surface area contributed by atoms with Gasteiger partial charge in [0, 0.05) is 18.4 Å². The number of allylic oxidation sites excluding steroid dienone is 1. The van der Waals surface area contributed by atoms with Gasteiger partial charge < -0.3 is 24.2 Å². The fourth-order valence-corrected chi connectivity index (χ4v) is 3.79. The molecule has 0 saturated carbocycles. The number of nitro groups is 1. The average molecular weight is 398 g/mol. The van der Waals surface area contributed by atoms with E-state index in [1.165, 1.54) is 12.1 Å². The van der Waals surface area contributed by atoms with Crippen LogP contribution in [0.25, 0.3) is 0 Å². The summed E-state index contributed by atoms with van der Waals surface area (Å²) in [7, 11) is 0. The lowest BCUT2D eigenvalue weighted by molar-refractivity contribution is -0.402. The number of ether oxygens (including phenoxy) is 2. The Morgan fingerprint density at radius 3 is 2.86 bits per heavy atom. The van der Waals surface area contributed by atoms with Gasteiger partial charge in [-0.1, -0.05) is 0 Å². The Kier molecular flexibility index (Phi) is 4.60. The summed E-state index contributed by atoms with van der Waals surface area (Å²) in [5, 5.41) is 20.6. The number of aryl methyl sites for hydroxylation is 1. The summed E-state index contributed by atoms with van der Waals surface area (Å²) in [6.45, 7) is 2.79. The molecule has 0 spiro atoms. The Hall–Kier alpha value is -3.58. The number of rotatable bonds is 4. The number of hydrogen-bond acceptors (Lipinski definition) is 8. The molecule has 150 valence electrons. The predicted octanol–water partition coefficient (Wildman–Crippen LogP) is 2.06. The van der Waals surface area contributed by atoms with Crippen molar-refractivity contribution in [3.05, 3.63) is 67.1 Å². The summed E-state index contributed by atoms with van der Waals surface area (Å²) in [4.78, 5) is 23.7. The predicted molar refractivity (Wildman–Crippen MR) is 99.1 cm³/mol. The first-order chi connectivity index (χ1) is 13.9. The Morgan fingerprint density at radius 2 is 2.24 bits per heavy atom. The number of furan rings is 1. The minimum atomic E-state index is -0.999. The van der Waals surface area contributed by atoms with Crippen LogP contribution < -0.4 is 16.0 Å². The average Bonchev–Trinajstić information content (AvgIpc) is 3.36. The number of fused-ring (bicyclic) bond motifs is 1. The van der Waals surface area contributed by atoms with Crippen molar-refractivity contribution in [2.75, 3.05) is 6.61 Å². The van der Waals surface area contributed by atoms with Crippen LogP contribution in [0.1, 0.15) is 35.8 Å². The van der Waals surface area contributed by atoms with Crippen LogP contribution in [0.15, 0.2) is 38.9 Å². The van der Waals surface area contributed by atoms with Gasteiger partial charge in [0.2, 0.25) is 5.88 Å². The highest BCUT2D eigenvalue weighted by atomic mass is 16.6. The second-order valence-corrected chi connectivity index (χ2v) is 6.97. The molecule has 4 rings (SSSR count). The molecule has 2 N–H and O–H groups in total. The van der Waals surface area contributed by atoms with Gasteiger partial charge in [0.05, 0.1) is 30.2 Å². The molecular weight excluding hydrogens is 380 g/mol. The van der Waals surface area contributed by atoms with Crippen LogP contribution in [0.2, 0.25) is 0 Å². The van der Waals surface area contributed by atoms with Gasteiger partial charge >= 0.3 is 5.88 Å². The fourth-order valence-electron chi connectivity index (χ4n) is 3.79. The number of pyridine rings is 1. The van der Waals surface area contributed by atoms with Crippen LogP contribution in [0.3, 0.4) is 0 Å². The van der Waals surface area contributed by atoms with Gasteiger partial charge in [-0.15, -0.1) is 0 Å². The van der Waals surface area contributed by atoms with Crippen LogP contribution in [0.5, 0.6) is 5.75 Å². The van der Waals surface area contributed by atoms with Crippen LogP contribution in [-0.4, -0.2) is 22.2 Å². The zero-order valence-corrected chi connectivity index (χ0v) is 15.6. The second-order valence-electron chi connectivity index (χ2n) is 6.97. The molecule has 2 aliphatic rings. The molecule has 29 heavy (non-hydrogen) atoms. The van der Waals surface area contributed by atoms with Crippen LogP contribution >= 0.6 is 0 Å². The lowest BCUT2D eigenvalue weighted by Crippen LogP contribution is -2.34. The van der Waals surface area contributed by atoms with Crippen molar-refractivity contribution in [1.29, 1.82) is 5.26 Å². The lowest BCUT2D eigenvalue weighted by Gasteiger charge is -2.26. The summed E-state index contributed by atoms with van der Waals surface area (Å²) < 4.78 is 18.1. The third-order valence-electron chi connectivity index (χ3n) is 5.18. The number of nitrogens with zero attached hydrogens (tertiary/aromatic N) is 3. The standard InChI is InChI=1S/C19H18N4O6/c1-10-7-14-17(19(24)22(10)9-11-3-2-6-27-11)16(12(8-20)18(21)29-14)13-4-5-15(28-13)23(25)26/h4-5,7,11,16H,2-3,6,9,21H2,1H3. The Morgan fingerprint density at radius 1 is 1.45 bits per heavy atom. The number of nitriles is 1. The van der Waals surface area contributed by atoms with Gasteiger partial charge in [-0.3, -0.25) is 14.9 Å². The topological polar surface area (TPSA) is 147 Å². The summed E-state index contributed by atoms with van der Waals surface area (Å²) in [6, 6.07) is 6.15. The second kappa shape index (κ2) is 7.10. The molecule has 10 nitrogen and oxygen atoms in total. The normalized spacial score (nSPS) is 20.8. The van der Waals surface area contributed by atoms with E-state index in [9.17, 15) is 20.2 Å². The highest BCUT2D eigenvalue weighted by molar-refractivity contribution is 5.54. The number of nitrogens with two attached hydrogens (primary N) is 1. The summed E-state index contributed by atoms with van der Waals surface area (Å²) >= 11 is 0. The van der Waals surface area contributed by atoms with E-state index in [-0.39, 0.29) is 40.2 Å². The highest BCUT2D eigenvalue weighted by Gasteiger charge is 2.37. The van der Waals surface area contributed by atoms with E-state index < -0.39 is 16.7 Å². The zero-order valence-electron chi connectivity index (χ0n) is 15.6. The first kappa shape index (κ1) is 18.8. The molecule has 0 aliphatic carbocycles. The van der Waals surface area contributed by atoms with E-state index >= 15 is 0 Å². The largest absolute Gasteiger partial charge is 0.440 e. The van der Waals surface area contributed by atoms with Crippen molar-refractivity contribution in [1.82, 2.24) is 4.57 Å². The molecule has 0 amide bonds. The third-order valence-corrected chi connectivity index (χ3v) is 5.18. The molecule has 1 fully saturated rings. The number of hydrogen-bond donors (Lipinski definition) is 1. The smallest absolute Gasteiger partial charge is 0.433 e. The van der Waals surface area contributed by atoms with E-state index in [1.807, 2.05) is 6.07 Å². The molecule has 2 unspecified atom stereocenters. The molecular formula is C19H18N4O6. The van der Waals surface area contributed by atoms with Crippen molar-refractivity contribution < 1.29 is 18.8 Å². The molecule has 2 aromatic rings. The first-order valence-electron chi connectivity index (χ1n) is 9.08. The number of aromatic nitrogens is 1. The van der Waals surface area contributed by atoms with Gasteiger partial charge in [-0.2, -0.15) is 5.26 Å². The molecule has 2 aromatic heterocycles. The molecule has 0 bridgehead atoms. The molecule has 10 heteroatoms. The van der Waals surface area contributed by atoms with Crippen molar-refractivity contribution in [3.8, 4) is 11.8 Å². The fraction of sp³-hybridized carbons (Fsp3) is 0.368. The van der Waals surface area contributed by atoms with Gasteiger partial charge in [-0.25, -0.2) is 0 Å². The van der Waals surface area contributed by atoms with E-state index in [2.05, 4.69) is 0 Å². The van der Waals surface area contributed by atoms with Crippen LogP contribution in [0.4, 0.5) is 5.88 Å². The first-order valence-corrected chi connectivity index (χ1v) is 9.08. The van der Waals surface area contributed by atoms with Gasteiger partial charge in [-0.05, 0) is 25.8 Å². The SMILES string of the molecule is Cc1cc2c(c(=O)n1CC1CCCO1)C(c1ccc([N+](=O)[O-])o1)C(C#N)=C(N)O2. The molecule has 0 radical (unpaired) electrons.